The van der Waals surface area contributed by atoms with Crippen molar-refractivity contribution in [3.8, 4) is 0 Å². The first kappa shape index (κ1) is 18.5. The third-order valence-electron chi connectivity index (χ3n) is 4.08. The van der Waals surface area contributed by atoms with Gasteiger partial charge in [-0.25, -0.2) is 0 Å². The van der Waals surface area contributed by atoms with Gasteiger partial charge in [-0.1, -0.05) is 59.8 Å². The minimum Gasteiger partial charge on any atom is -0.466 e. The maximum Gasteiger partial charge on any atom is 0.305 e. The molecular weight excluding hydrogens is 236 g/mol. The van der Waals surface area contributed by atoms with Gasteiger partial charge in [-0.05, 0) is 31.1 Å². The predicted octanol–water partition coefficient (Wildman–Crippen LogP) is 5.35. The van der Waals surface area contributed by atoms with Crippen molar-refractivity contribution in [3.05, 3.63) is 0 Å². The molecule has 0 amide bonds. The lowest BCUT2D eigenvalue weighted by Crippen LogP contribution is -2.06. The minimum atomic E-state index is -0.00677. The van der Waals surface area contributed by atoms with Crippen LogP contribution in [-0.4, -0.2) is 12.6 Å². The van der Waals surface area contributed by atoms with Gasteiger partial charge in [-0.3, -0.25) is 4.79 Å². The summed E-state index contributed by atoms with van der Waals surface area (Å²) in [6, 6.07) is 0. The van der Waals surface area contributed by atoms with Crippen molar-refractivity contribution in [3.63, 3.8) is 0 Å². The fraction of sp³-hybridized carbons (Fsp3) is 0.941. The van der Waals surface area contributed by atoms with Crippen molar-refractivity contribution in [2.24, 2.45) is 11.8 Å². The highest BCUT2D eigenvalue weighted by molar-refractivity contribution is 5.69. The molecule has 0 aromatic carbocycles. The van der Waals surface area contributed by atoms with E-state index in [-0.39, 0.29) is 5.97 Å². The Balaban J connectivity index is 3.30. The SMILES string of the molecule is CCC(C)CCCCOC(=O)CCCCC(C)CC. The Hall–Kier alpha value is -0.530. The van der Waals surface area contributed by atoms with E-state index >= 15 is 0 Å². The third-order valence-corrected chi connectivity index (χ3v) is 4.08. The van der Waals surface area contributed by atoms with Crippen molar-refractivity contribution in [2.45, 2.75) is 85.5 Å². The van der Waals surface area contributed by atoms with Gasteiger partial charge in [0.15, 0.2) is 0 Å². The number of carbonyl (C=O) groups excluding carboxylic acids is 1. The molecule has 19 heavy (non-hydrogen) atoms. The topological polar surface area (TPSA) is 26.3 Å². The first-order valence-electron chi connectivity index (χ1n) is 8.25. The molecule has 0 aliphatic rings. The van der Waals surface area contributed by atoms with E-state index in [1.54, 1.807) is 0 Å². The zero-order valence-electron chi connectivity index (χ0n) is 13.5. The Bertz CT molecular complexity index is 213. The lowest BCUT2D eigenvalue weighted by molar-refractivity contribution is -0.143. The van der Waals surface area contributed by atoms with Crippen molar-refractivity contribution in [1.82, 2.24) is 0 Å². The minimum absolute atomic E-state index is 0.00677. The lowest BCUT2D eigenvalue weighted by Gasteiger charge is -2.09. The van der Waals surface area contributed by atoms with Crippen LogP contribution in [0.4, 0.5) is 0 Å². The van der Waals surface area contributed by atoms with E-state index in [1.165, 1.54) is 32.1 Å². The molecular formula is C17H34O2. The Morgan fingerprint density at radius 3 is 1.95 bits per heavy atom. The Morgan fingerprint density at radius 1 is 0.895 bits per heavy atom. The van der Waals surface area contributed by atoms with Gasteiger partial charge in [0.25, 0.3) is 0 Å². The zero-order chi connectivity index (χ0) is 14.5. The molecule has 0 radical (unpaired) electrons. The van der Waals surface area contributed by atoms with Crippen LogP contribution in [0, 0.1) is 11.8 Å². The largest absolute Gasteiger partial charge is 0.466 e. The maximum atomic E-state index is 11.5. The molecule has 0 spiro atoms. The summed E-state index contributed by atoms with van der Waals surface area (Å²) in [4.78, 5) is 11.5. The standard InChI is InChI=1S/C17H34O2/c1-5-15(3)11-7-8-13-17(18)19-14-10-9-12-16(4)6-2/h15-16H,5-14H2,1-4H3. The quantitative estimate of drug-likeness (QED) is 0.353. The molecule has 0 aliphatic heterocycles. The molecule has 0 N–H and O–H groups in total. The Kier molecular flexibility index (Phi) is 12.2. The summed E-state index contributed by atoms with van der Waals surface area (Å²) in [7, 11) is 0. The van der Waals surface area contributed by atoms with Crippen molar-refractivity contribution in [2.75, 3.05) is 6.61 Å². The molecule has 2 atom stereocenters. The van der Waals surface area contributed by atoms with Gasteiger partial charge in [-0.2, -0.15) is 0 Å². The smallest absolute Gasteiger partial charge is 0.305 e. The summed E-state index contributed by atoms with van der Waals surface area (Å²) in [5, 5.41) is 0. The van der Waals surface area contributed by atoms with E-state index in [4.69, 9.17) is 4.74 Å². The van der Waals surface area contributed by atoms with Crippen LogP contribution >= 0.6 is 0 Å². The lowest BCUT2D eigenvalue weighted by atomic mass is 10.0. The van der Waals surface area contributed by atoms with Crippen LogP contribution in [0.1, 0.15) is 85.5 Å². The van der Waals surface area contributed by atoms with Gasteiger partial charge < -0.3 is 4.74 Å². The van der Waals surface area contributed by atoms with Crippen molar-refractivity contribution in [1.29, 1.82) is 0 Å². The number of hydrogen-bond donors (Lipinski definition) is 0. The van der Waals surface area contributed by atoms with Crippen LogP contribution in [-0.2, 0) is 9.53 Å². The second kappa shape index (κ2) is 12.5. The summed E-state index contributed by atoms with van der Waals surface area (Å²) in [6.45, 7) is 9.61. The van der Waals surface area contributed by atoms with Gasteiger partial charge in [-0.15, -0.1) is 0 Å². The first-order valence-corrected chi connectivity index (χ1v) is 8.25. The molecule has 114 valence electrons. The van der Waals surface area contributed by atoms with Gasteiger partial charge in [0, 0.05) is 6.42 Å². The van der Waals surface area contributed by atoms with Crippen molar-refractivity contribution >= 4 is 5.97 Å². The average Bonchev–Trinajstić information content (AvgIpc) is 2.42. The number of ether oxygens (including phenoxy) is 1. The van der Waals surface area contributed by atoms with E-state index in [0.717, 1.165) is 31.1 Å². The molecule has 0 heterocycles. The molecule has 0 saturated heterocycles. The first-order chi connectivity index (χ1) is 9.10. The molecule has 0 aromatic heterocycles. The molecule has 0 aliphatic carbocycles. The summed E-state index contributed by atoms with van der Waals surface area (Å²) in [5.74, 6) is 1.58. The van der Waals surface area contributed by atoms with Crippen LogP contribution in [0.25, 0.3) is 0 Å². The number of carbonyl (C=O) groups is 1. The molecule has 0 saturated carbocycles. The zero-order valence-corrected chi connectivity index (χ0v) is 13.5. The molecule has 0 bridgehead atoms. The van der Waals surface area contributed by atoms with E-state index in [0.29, 0.717) is 13.0 Å². The summed E-state index contributed by atoms with van der Waals surface area (Å²) in [5.41, 5.74) is 0. The van der Waals surface area contributed by atoms with E-state index in [9.17, 15) is 4.79 Å². The molecule has 0 fully saturated rings. The van der Waals surface area contributed by atoms with E-state index < -0.39 is 0 Å². The Labute approximate surface area is 120 Å². The predicted molar refractivity (Wildman–Crippen MR) is 82.2 cm³/mol. The highest BCUT2D eigenvalue weighted by atomic mass is 16.5. The fourth-order valence-electron chi connectivity index (χ4n) is 2.02. The molecule has 2 nitrogen and oxygen atoms in total. The number of unbranched alkanes of at least 4 members (excludes halogenated alkanes) is 2. The second-order valence-corrected chi connectivity index (χ2v) is 5.99. The average molecular weight is 270 g/mol. The number of rotatable bonds is 12. The van der Waals surface area contributed by atoms with Crippen LogP contribution in [0.3, 0.4) is 0 Å². The highest BCUT2D eigenvalue weighted by Crippen LogP contribution is 2.13. The summed E-state index contributed by atoms with van der Waals surface area (Å²) < 4.78 is 5.25. The number of hydrogen-bond acceptors (Lipinski definition) is 2. The third kappa shape index (κ3) is 12.3. The fourth-order valence-corrected chi connectivity index (χ4v) is 2.02. The second-order valence-electron chi connectivity index (χ2n) is 5.99. The summed E-state index contributed by atoms with van der Waals surface area (Å²) >= 11 is 0. The number of esters is 1. The van der Waals surface area contributed by atoms with E-state index in [1.807, 2.05) is 0 Å². The highest BCUT2D eigenvalue weighted by Gasteiger charge is 2.04. The normalized spacial score (nSPS) is 14.1. The van der Waals surface area contributed by atoms with Crippen molar-refractivity contribution < 1.29 is 9.53 Å². The van der Waals surface area contributed by atoms with Crippen LogP contribution in [0.5, 0.6) is 0 Å². The monoisotopic (exact) mass is 270 g/mol. The Morgan fingerprint density at radius 2 is 1.42 bits per heavy atom. The summed E-state index contributed by atoms with van der Waals surface area (Å²) in [6.07, 6.45) is 9.90. The van der Waals surface area contributed by atoms with Gasteiger partial charge in [0.2, 0.25) is 0 Å². The van der Waals surface area contributed by atoms with Crippen LogP contribution in [0.2, 0.25) is 0 Å². The van der Waals surface area contributed by atoms with Crippen LogP contribution in [0.15, 0.2) is 0 Å². The maximum absolute atomic E-state index is 11.5. The molecule has 2 unspecified atom stereocenters. The van der Waals surface area contributed by atoms with Gasteiger partial charge in [0.1, 0.15) is 0 Å². The van der Waals surface area contributed by atoms with Gasteiger partial charge >= 0.3 is 5.97 Å². The van der Waals surface area contributed by atoms with E-state index in [2.05, 4.69) is 27.7 Å². The molecule has 2 heteroatoms. The van der Waals surface area contributed by atoms with Crippen LogP contribution < -0.4 is 0 Å². The van der Waals surface area contributed by atoms with Gasteiger partial charge in [0.05, 0.1) is 6.61 Å². The molecule has 0 rings (SSSR count). The molecule has 0 aromatic rings.